The van der Waals surface area contributed by atoms with Gasteiger partial charge in [0.25, 0.3) is 0 Å². The van der Waals surface area contributed by atoms with Crippen molar-refractivity contribution in [1.82, 2.24) is 20.2 Å². The van der Waals surface area contributed by atoms with Crippen molar-refractivity contribution in [2.75, 3.05) is 31.1 Å². The highest BCUT2D eigenvalue weighted by Gasteiger charge is 2.41. The molecule has 0 radical (unpaired) electrons. The molecule has 2 N–H and O–H groups in total. The monoisotopic (exact) mass is 589 g/mol. The maximum atomic E-state index is 14.0. The molecule has 0 spiro atoms. The molecule has 11 heteroatoms. The Morgan fingerprint density at radius 1 is 1.14 bits per heavy atom. The number of aliphatic hydroxyl groups excluding tert-OH is 1. The number of anilines is 1. The van der Waals surface area contributed by atoms with Crippen molar-refractivity contribution >= 4 is 59.7 Å². The fourth-order valence-electron chi connectivity index (χ4n) is 5.95. The molecule has 1 aromatic carbocycles. The Morgan fingerprint density at radius 3 is 2.46 bits per heavy atom. The second-order valence-corrected chi connectivity index (χ2v) is 11.6. The molecule has 1 aliphatic carbocycles. The van der Waals surface area contributed by atoms with Gasteiger partial charge in [-0.15, -0.1) is 24.8 Å². The Morgan fingerprint density at radius 2 is 1.84 bits per heavy atom. The Balaban J connectivity index is 0.00000190. The van der Waals surface area contributed by atoms with Gasteiger partial charge in [0.05, 0.1) is 27.8 Å². The lowest BCUT2D eigenvalue weighted by atomic mass is 9.88. The van der Waals surface area contributed by atoms with Crippen molar-refractivity contribution < 1.29 is 9.90 Å². The maximum Gasteiger partial charge on any atom is 0.231 e. The molecule has 0 saturated carbocycles. The zero-order chi connectivity index (χ0) is 24.9. The van der Waals surface area contributed by atoms with E-state index in [2.05, 4.69) is 41.0 Å². The van der Waals surface area contributed by atoms with Gasteiger partial charge >= 0.3 is 0 Å². The van der Waals surface area contributed by atoms with E-state index in [1.54, 1.807) is 12.4 Å². The molecule has 5 rings (SSSR count). The van der Waals surface area contributed by atoms with Crippen LogP contribution in [0, 0.1) is 0 Å². The lowest BCUT2D eigenvalue weighted by Crippen LogP contribution is -2.53. The van der Waals surface area contributed by atoms with Crippen molar-refractivity contribution in [3.8, 4) is 0 Å². The summed E-state index contributed by atoms with van der Waals surface area (Å²) in [4.78, 5) is 27.1. The van der Waals surface area contributed by atoms with Crippen molar-refractivity contribution in [2.24, 2.45) is 0 Å². The number of rotatable bonds is 4. The van der Waals surface area contributed by atoms with Gasteiger partial charge in [-0.1, -0.05) is 36.2 Å². The SMILES string of the molecule is C[C@@H]1C[C@@H](O)c2ncnc(N3CCN(C(=O)[C@@H](c4ccc(Cl)c(Cl)c4)[C@@H]4CCC(C)(C)N4)CC3)c21.Cl.Cl. The molecule has 2 aliphatic heterocycles. The molecule has 3 aliphatic rings. The number of nitrogens with one attached hydrogen (secondary N) is 1. The van der Waals surface area contributed by atoms with Crippen LogP contribution >= 0.6 is 48.0 Å². The van der Waals surface area contributed by atoms with E-state index in [9.17, 15) is 9.90 Å². The van der Waals surface area contributed by atoms with Gasteiger partial charge < -0.3 is 20.2 Å². The summed E-state index contributed by atoms with van der Waals surface area (Å²) in [6, 6.07) is 5.59. The Labute approximate surface area is 241 Å². The van der Waals surface area contributed by atoms with Crippen molar-refractivity contribution in [3.05, 3.63) is 51.4 Å². The van der Waals surface area contributed by atoms with Gasteiger partial charge in [-0.2, -0.15) is 0 Å². The number of fused-ring (bicyclic) bond motifs is 1. The Bertz CT molecular complexity index is 1130. The molecule has 1 aromatic heterocycles. The highest BCUT2D eigenvalue weighted by atomic mass is 35.5. The first-order valence-electron chi connectivity index (χ1n) is 12.4. The van der Waals surface area contributed by atoms with Crippen LogP contribution in [0.2, 0.25) is 10.0 Å². The third-order valence-corrected chi connectivity index (χ3v) is 8.54. The van der Waals surface area contributed by atoms with Crippen LogP contribution in [-0.2, 0) is 4.79 Å². The van der Waals surface area contributed by atoms with Gasteiger partial charge in [-0.05, 0) is 56.7 Å². The van der Waals surface area contributed by atoms with Gasteiger partial charge in [0.15, 0.2) is 0 Å². The molecule has 4 atom stereocenters. The normalized spacial score (nSPS) is 25.2. The largest absolute Gasteiger partial charge is 0.387 e. The number of hydrogen-bond acceptors (Lipinski definition) is 6. The van der Waals surface area contributed by atoms with E-state index in [1.807, 2.05) is 17.0 Å². The van der Waals surface area contributed by atoms with E-state index in [0.717, 1.165) is 35.5 Å². The molecule has 2 saturated heterocycles. The quantitative estimate of drug-likeness (QED) is 0.514. The Hall–Kier alpha value is -1.35. The minimum atomic E-state index is -0.528. The van der Waals surface area contributed by atoms with E-state index < -0.39 is 6.10 Å². The lowest BCUT2D eigenvalue weighted by molar-refractivity contribution is -0.133. The molecule has 3 heterocycles. The van der Waals surface area contributed by atoms with E-state index in [-0.39, 0.29) is 54.1 Å². The number of benzene rings is 1. The number of nitrogens with zero attached hydrogens (tertiary/aromatic N) is 4. The average molecular weight is 591 g/mol. The molecule has 2 aromatic rings. The topological polar surface area (TPSA) is 81.6 Å². The van der Waals surface area contributed by atoms with Crippen LogP contribution in [0.3, 0.4) is 0 Å². The minimum Gasteiger partial charge on any atom is -0.387 e. The Kier molecular flexibility index (Phi) is 9.63. The highest BCUT2D eigenvalue weighted by Crippen LogP contribution is 2.43. The lowest BCUT2D eigenvalue weighted by Gasteiger charge is -2.39. The first-order valence-corrected chi connectivity index (χ1v) is 13.2. The summed E-state index contributed by atoms with van der Waals surface area (Å²) in [7, 11) is 0. The molecular weight excluding hydrogens is 556 g/mol. The molecule has 1 amide bonds. The van der Waals surface area contributed by atoms with Crippen LogP contribution in [0.25, 0.3) is 0 Å². The number of halogens is 4. The van der Waals surface area contributed by atoms with E-state index >= 15 is 0 Å². The first kappa shape index (κ1) is 30.2. The predicted molar refractivity (Wildman–Crippen MR) is 153 cm³/mol. The van der Waals surface area contributed by atoms with Gasteiger partial charge in [-0.3, -0.25) is 4.79 Å². The van der Waals surface area contributed by atoms with E-state index in [0.29, 0.717) is 42.6 Å². The standard InChI is InChI=1S/C26H33Cl2N5O2.2ClH/c1-15-12-20(34)23-21(15)24(30-14-29-23)32-8-10-33(11-9-32)25(35)22(19-6-7-26(2,3)31-19)16-4-5-17(27)18(28)13-16;;/h4-5,13-15,19-20,22,31,34H,6-12H2,1-3H3;2*1H/t15-,19+,20-,22+;;/m1../s1. The fourth-order valence-corrected chi connectivity index (χ4v) is 6.26. The molecule has 204 valence electrons. The second kappa shape index (κ2) is 11.8. The smallest absolute Gasteiger partial charge is 0.231 e. The van der Waals surface area contributed by atoms with Gasteiger partial charge in [0.1, 0.15) is 12.1 Å². The second-order valence-electron chi connectivity index (χ2n) is 10.8. The first-order chi connectivity index (χ1) is 16.6. The van der Waals surface area contributed by atoms with Crippen molar-refractivity contribution in [1.29, 1.82) is 0 Å². The zero-order valence-electron chi connectivity index (χ0n) is 21.3. The number of aliphatic hydroxyl groups is 1. The molecule has 0 bridgehead atoms. The summed E-state index contributed by atoms with van der Waals surface area (Å²) in [6.45, 7) is 9.08. The minimum absolute atomic E-state index is 0. The summed E-state index contributed by atoms with van der Waals surface area (Å²) in [5.74, 6) is 0.907. The predicted octanol–water partition coefficient (Wildman–Crippen LogP) is 5.13. The molecular formula is C26H35Cl4N5O2. The summed E-state index contributed by atoms with van der Waals surface area (Å²) in [5, 5.41) is 15.0. The van der Waals surface area contributed by atoms with Gasteiger partial charge in [0, 0.05) is 43.3 Å². The third-order valence-electron chi connectivity index (χ3n) is 7.80. The summed E-state index contributed by atoms with van der Waals surface area (Å²) in [6.07, 6.45) is 3.63. The fraction of sp³-hybridized carbons (Fsp3) is 0.577. The highest BCUT2D eigenvalue weighted by molar-refractivity contribution is 6.42. The number of carbonyl (C=O) groups excluding carboxylic acids is 1. The van der Waals surface area contributed by atoms with E-state index in [1.165, 1.54) is 0 Å². The van der Waals surface area contributed by atoms with Crippen molar-refractivity contribution in [2.45, 2.75) is 69.6 Å². The summed E-state index contributed by atoms with van der Waals surface area (Å²) in [5.41, 5.74) is 2.69. The summed E-state index contributed by atoms with van der Waals surface area (Å²) >= 11 is 12.5. The van der Waals surface area contributed by atoms with Crippen LogP contribution in [-0.4, -0.2) is 63.6 Å². The number of amides is 1. The zero-order valence-corrected chi connectivity index (χ0v) is 24.4. The molecule has 0 unspecified atom stereocenters. The molecule has 2 fully saturated rings. The average Bonchev–Trinajstić information content (AvgIpc) is 3.34. The van der Waals surface area contributed by atoms with Crippen molar-refractivity contribution in [3.63, 3.8) is 0 Å². The van der Waals surface area contributed by atoms with Crippen LogP contribution in [0.4, 0.5) is 5.82 Å². The molecule has 7 nitrogen and oxygen atoms in total. The van der Waals surface area contributed by atoms with Crippen LogP contribution in [0.1, 0.15) is 74.8 Å². The van der Waals surface area contributed by atoms with Crippen LogP contribution < -0.4 is 10.2 Å². The number of aromatic nitrogens is 2. The number of hydrogen-bond donors (Lipinski definition) is 2. The summed E-state index contributed by atoms with van der Waals surface area (Å²) < 4.78 is 0. The third kappa shape index (κ3) is 5.97. The van der Waals surface area contributed by atoms with Crippen LogP contribution in [0.15, 0.2) is 24.5 Å². The maximum absolute atomic E-state index is 14.0. The number of piperazine rings is 1. The molecule has 37 heavy (non-hydrogen) atoms. The van der Waals surface area contributed by atoms with Gasteiger partial charge in [-0.25, -0.2) is 9.97 Å². The van der Waals surface area contributed by atoms with Gasteiger partial charge in [0.2, 0.25) is 5.91 Å². The number of carbonyl (C=O) groups is 1. The van der Waals surface area contributed by atoms with Crippen LogP contribution in [0.5, 0.6) is 0 Å². The van der Waals surface area contributed by atoms with E-state index in [4.69, 9.17) is 23.2 Å².